The van der Waals surface area contributed by atoms with Crippen molar-refractivity contribution in [1.29, 1.82) is 0 Å². The van der Waals surface area contributed by atoms with Crippen LogP contribution in [0.4, 0.5) is 0 Å². The molecular formula is C13H12BrN3O2. The van der Waals surface area contributed by atoms with E-state index in [1.807, 2.05) is 6.92 Å². The third-order valence-electron chi connectivity index (χ3n) is 2.47. The first-order valence-corrected chi connectivity index (χ1v) is 6.40. The molecule has 5 nitrogen and oxygen atoms in total. The highest BCUT2D eigenvalue weighted by molar-refractivity contribution is 9.10. The molecule has 1 aromatic carbocycles. The standard InChI is InChI=1S/C13H12BrN3O2/c1-8-5-16-10(6-15-8)7-17-13(19)11-3-2-9(14)4-12(11)18/h2-6,18H,7H2,1H3,(H,17,19). The summed E-state index contributed by atoms with van der Waals surface area (Å²) in [6.45, 7) is 2.11. The second-order valence-corrected chi connectivity index (χ2v) is 4.91. The normalized spacial score (nSPS) is 10.2. The van der Waals surface area contributed by atoms with Crippen LogP contribution in [0.5, 0.6) is 5.75 Å². The number of nitrogens with zero attached hydrogens (tertiary/aromatic N) is 2. The minimum atomic E-state index is -0.354. The molecule has 19 heavy (non-hydrogen) atoms. The Kier molecular flexibility index (Phi) is 4.11. The third kappa shape index (κ3) is 3.51. The number of nitrogens with one attached hydrogen (secondary N) is 1. The van der Waals surface area contributed by atoms with E-state index in [2.05, 4.69) is 31.2 Å². The van der Waals surface area contributed by atoms with E-state index in [4.69, 9.17) is 0 Å². The number of phenolic OH excluding ortho intramolecular Hbond substituents is 1. The van der Waals surface area contributed by atoms with Gasteiger partial charge in [-0.15, -0.1) is 0 Å². The number of hydrogen-bond acceptors (Lipinski definition) is 4. The molecular weight excluding hydrogens is 310 g/mol. The molecule has 2 N–H and O–H groups in total. The fraction of sp³-hybridized carbons (Fsp3) is 0.154. The predicted molar refractivity (Wildman–Crippen MR) is 73.7 cm³/mol. The second kappa shape index (κ2) is 5.79. The van der Waals surface area contributed by atoms with E-state index in [9.17, 15) is 9.90 Å². The fourth-order valence-corrected chi connectivity index (χ4v) is 1.82. The van der Waals surface area contributed by atoms with Crippen LogP contribution in [0.2, 0.25) is 0 Å². The monoisotopic (exact) mass is 321 g/mol. The van der Waals surface area contributed by atoms with Crippen LogP contribution in [0.3, 0.4) is 0 Å². The zero-order chi connectivity index (χ0) is 13.8. The molecule has 0 fully saturated rings. The molecule has 0 aliphatic carbocycles. The van der Waals surface area contributed by atoms with Gasteiger partial charge in [0.05, 0.1) is 29.7 Å². The van der Waals surface area contributed by atoms with Gasteiger partial charge in [0, 0.05) is 10.7 Å². The summed E-state index contributed by atoms with van der Waals surface area (Å²) in [7, 11) is 0. The van der Waals surface area contributed by atoms with E-state index in [-0.39, 0.29) is 23.8 Å². The molecule has 0 spiro atoms. The molecule has 0 saturated carbocycles. The number of rotatable bonds is 3. The van der Waals surface area contributed by atoms with Crippen molar-refractivity contribution in [2.24, 2.45) is 0 Å². The van der Waals surface area contributed by atoms with E-state index in [1.165, 1.54) is 6.07 Å². The molecule has 6 heteroatoms. The summed E-state index contributed by atoms with van der Waals surface area (Å²) in [6, 6.07) is 4.72. The number of carbonyl (C=O) groups excluding carboxylic acids is 1. The number of benzene rings is 1. The van der Waals surface area contributed by atoms with Gasteiger partial charge in [-0.05, 0) is 25.1 Å². The van der Waals surface area contributed by atoms with Gasteiger partial charge < -0.3 is 10.4 Å². The average molecular weight is 322 g/mol. The lowest BCUT2D eigenvalue weighted by molar-refractivity contribution is 0.0947. The van der Waals surface area contributed by atoms with Gasteiger partial charge in [-0.25, -0.2) is 0 Å². The Morgan fingerprint density at radius 2 is 2.16 bits per heavy atom. The lowest BCUT2D eigenvalue weighted by Crippen LogP contribution is -2.23. The summed E-state index contributed by atoms with van der Waals surface area (Å²) in [4.78, 5) is 20.1. The van der Waals surface area contributed by atoms with Crippen molar-refractivity contribution in [3.05, 3.63) is 52.0 Å². The van der Waals surface area contributed by atoms with Crippen LogP contribution in [0.25, 0.3) is 0 Å². The van der Waals surface area contributed by atoms with Gasteiger partial charge in [0.1, 0.15) is 5.75 Å². The van der Waals surface area contributed by atoms with Gasteiger partial charge in [-0.3, -0.25) is 14.8 Å². The Balaban J connectivity index is 2.03. The van der Waals surface area contributed by atoms with Crippen molar-refractivity contribution >= 4 is 21.8 Å². The van der Waals surface area contributed by atoms with Crippen molar-refractivity contribution in [2.75, 3.05) is 0 Å². The van der Waals surface area contributed by atoms with E-state index in [0.29, 0.717) is 10.2 Å². The summed E-state index contributed by atoms with van der Waals surface area (Å²) >= 11 is 3.22. The minimum Gasteiger partial charge on any atom is -0.507 e. The molecule has 1 heterocycles. The molecule has 1 amide bonds. The number of carbonyl (C=O) groups is 1. The smallest absolute Gasteiger partial charge is 0.255 e. The first kappa shape index (κ1) is 13.5. The quantitative estimate of drug-likeness (QED) is 0.908. The number of halogens is 1. The van der Waals surface area contributed by atoms with Crippen LogP contribution in [0, 0.1) is 6.92 Å². The Morgan fingerprint density at radius 3 is 2.79 bits per heavy atom. The molecule has 0 aliphatic heterocycles. The highest BCUT2D eigenvalue weighted by atomic mass is 79.9. The largest absolute Gasteiger partial charge is 0.507 e. The Bertz CT molecular complexity index is 599. The zero-order valence-electron chi connectivity index (χ0n) is 10.2. The summed E-state index contributed by atoms with van der Waals surface area (Å²) in [5, 5.41) is 12.4. The number of aromatic hydroxyl groups is 1. The van der Waals surface area contributed by atoms with E-state index in [1.54, 1.807) is 24.5 Å². The molecule has 0 atom stereocenters. The van der Waals surface area contributed by atoms with Crippen LogP contribution < -0.4 is 5.32 Å². The maximum absolute atomic E-state index is 11.9. The maximum atomic E-state index is 11.9. The summed E-state index contributed by atoms with van der Waals surface area (Å²) in [6.07, 6.45) is 3.25. The lowest BCUT2D eigenvalue weighted by Gasteiger charge is -2.06. The first-order valence-electron chi connectivity index (χ1n) is 5.60. The van der Waals surface area contributed by atoms with Crippen molar-refractivity contribution in [3.63, 3.8) is 0 Å². The predicted octanol–water partition coefficient (Wildman–Crippen LogP) is 2.18. The molecule has 0 radical (unpaired) electrons. The second-order valence-electron chi connectivity index (χ2n) is 3.99. The molecule has 98 valence electrons. The van der Waals surface area contributed by atoms with Crippen LogP contribution in [0.15, 0.2) is 35.1 Å². The first-order chi connectivity index (χ1) is 9.06. The SMILES string of the molecule is Cc1cnc(CNC(=O)c2ccc(Br)cc2O)cn1. The number of aromatic nitrogens is 2. The Morgan fingerprint density at radius 1 is 1.37 bits per heavy atom. The average Bonchev–Trinajstić information content (AvgIpc) is 2.37. The third-order valence-corrected chi connectivity index (χ3v) is 2.96. The van der Waals surface area contributed by atoms with Crippen LogP contribution in [-0.4, -0.2) is 21.0 Å². The minimum absolute atomic E-state index is 0.0677. The van der Waals surface area contributed by atoms with E-state index >= 15 is 0 Å². The number of aryl methyl sites for hydroxylation is 1. The molecule has 0 aliphatic rings. The number of hydrogen-bond donors (Lipinski definition) is 2. The highest BCUT2D eigenvalue weighted by Crippen LogP contribution is 2.22. The van der Waals surface area contributed by atoms with Gasteiger partial charge in [0.25, 0.3) is 5.91 Å². The maximum Gasteiger partial charge on any atom is 0.255 e. The van der Waals surface area contributed by atoms with Crippen molar-refractivity contribution in [2.45, 2.75) is 13.5 Å². The van der Waals surface area contributed by atoms with Gasteiger partial charge in [0.15, 0.2) is 0 Å². The zero-order valence-corrected chi connectivity index (χ0v) is 11.8. The fourth-order valence-electron chi connectivity index (χ4n) is 1.47. The van der Waals surface area contributed by atoms with Gasteiger partial charge >= 0.3 is 0 Å². The molecule has 2 rings (SSSR count). The van der Waals surface area contributed by atoms with Crippen LogP contribution >= 0.6 is 15.9 Å². The van der Waals surface area contributed by atoms with E-state index in [0.717, 1.165) is 5.69 Å². The van der Waals surface area contributed by atoms with Crippen molar-refractivity contribution in [3.8, 4) is 5.75 Å². The topological polar surface area (TPSA) is 75.1 Å². The van der Waals surface area contributed by atoms with Gasteiger partial charge in [0.2, 0.25) is 0 Å². The number of amides is 1. The van der Waals surface area contributed by atoms with E-state index < -0.39 is 0 Å². The molecule has 2 aromatic rings. The molecule has 0 unspecified atom stereocenters. The van der Waals surface area contributed by atoms with Crippen LogP contribution in [-0.2, 0) is 6.54 Å². The highest BCUT2D eigenvalue weighted by Gasteiger charge is 2.11. The van der Waals surface area contributed by atoms with Crippen LogP contribution in [0.1, 0.15) is 21.7 Å². The molecule has 0 saturated heterocycles. The van der Waals surface area contributed by atoms with Gasteiger partial charge in [-0.2, -0.15) is 0 Å². The van der Waals surface area contributed by atoms with Crippen molar-refractivity contribution in [1.82, 2.24) is 15.3 Å². The molecule has 0 bridgehead atoms. The summed E-state index contributed by atoms with van der Waals surface area (Å²) in [5.74, 6) is -0.422. The lowest BCUT2D eigenvalue weighted by atomic mass is 10.2. The summed E-state index contributed by atoms with van der Waals surface area (Å²) in [5.41, 5.74) is 1.71. The molecule has 1 aromatic heterocycles. The Hall–Kier alpha value is -1.95. The summed E-state index contributed by atoms with van der Waals surface area (Å²) < 4.78 is 0.714. The van der Waals surface area contributed by atoms with Crippen molar-refractivity contribution < 1.29 is 9.90 Å². The van der Waals surface area contributed by atoms with Gasteiger partial charge in [-0.1, -0.05) is 15.9 Å². The Labute approximate surface area is 118 Å². The number of phenols is 1.